The highest BCUT2D eigenvalue weighted by Gasteiger charge is 2.26. The fourth-order valence-corrected chi connectivity index (χ4v) is 2.08. The van der Waals surface area contributed by atoms with Crippen molar-refractivity contribution in [2.24, 2.45) is 0 Å². The van der Waals surface area contributed by atoms with Crippen molar-refractivity contribution in [3.8, 4) is 5.75 Å². The Kier molecular flexibility index (Phi) is 6.36. The molecule has 114 valence electrons. The molecule has 1 rings (SSSR count). The molecule has 0 spiro atoms. The van der Waals surface area contributed by atoms with Gasteiger partial charge in [-0.1, -0.05) is 6.92 Å². The maximum Gasteiger partial charge on any atom is 0.162 e. The predicted molar refractivity (Wildman–Crippen MR) is 74.8 cm³/mol. The third kappa shape index (κ3) is 5.06. The van der Waals surface area contributed by atoms with Crippen LogP contribution < -0.4 is 10.1 Å². The second kappa shape index (κ2) is 7.55. The summed E-state index contributed by atoms with van der Waals surface area (Å²) in [7, 11) is 0. The molecule has 2 unspecified atom stereocenters. The standard InChI is InChI=1S/C15H23F2NO2/c1-4-7-18-15(3,10-19)9-11(2)20-12-5-6-13(16)14(17)8-12/h5-6,8,11,18-19H,4,7,9-10H2,1-3H3. The van der Waals surface area contributed by atoms with Gasteiger partial charge >= 0.3 is 0 Å². The smallest absolute Gasteiger partial charge is 0.162 e. The van der Waals surface area contributed by atoms with Crippen molar-refractivity contribution in [2.75, 3.05) is 13.2 Å². The third-order valence-electron chi connectivity index (χ3n) is 3.12. The first-order valence-corrected chi connectivity index (χ1v) is 6.88. The van der Waals surface area contributed by atoms with E-state index in [-0.39, 0.29) is 18.5 Å². The largest absolute Gasteiger partial charge is 0.491 e. The molecular formula is C15H23F2NO2. The Balaban J connectivity index is 2.61. The van der Waals surface area contributed by atoms with Crippen LogP contribution >= 0.6 is 0 Å². The molecule has 0 aliphatic carbocycles. The van der Waals surface area contributed by atoms with Gasteiger partial charge in [-0.3, -0.25) is 0 Å². The van der Waals surface area contributed by atoms with Crippen LogP contribution in [0.2, 0.25) is 0 Å². The van der Waals surface area contributed by atoms with E-state index in [1.165, 1.54) is 6.07 Å². The van der Waals surface area contributed by atoms with Crippen molar-refractivity contribution in [2.45, 2.75) is 45.3 Å². The lowest BCUT2D eigenvalue weighted by atomic mass is 9.95. The van der Waals surface area contributed by atoms with Gasteiger partial charge < -0.3 is 15.2 Å². The summed E-state index contributed by atoms with van der Waals surface area (Å²) in [6, 6.07) is 3.46. The number of halogens is 2. The van der Waals surface area contributed by atoms with E-state index in [0.29, 0.717) is 6.42 Å². The van der Waals surface area contributed by atoms with Gasteiger partial charge in [0.25, 0.3) is 0 Å². The third-order valence-corrected chi connectivity index (χ3v) is 3.12. The number of hydrogen-bond donors (Lipinski definition) is 2. The van der Waals surface area contributed by atoms with E-state index in [1.54, 1.807) is 0 Å². The summed E-state index contributed by atoms with van der Waals surface area (Å²) < 4.78 is 31.5. The second-order valence-corrected chi connectivity index (χ2v) is 5.35. The summed E-state index contributed by atoms with van der Waals surface area (Å²) in [4.78, 5) is 0. The first kappa shape index (κ1) is 16.9. The number of hydrogen-bond acceptors (Lipinski definition) is 3. The van der Waals surface area contributed by atoms with E-state index in [0.717, 1.165) is 25.1 Å². The molecule has 0 saturated heterocycles. The van der Waals surface area contributed by atoms with Crippen molar-refractivity contribution >= 4 is 0 Å². The quantitative estimate of drug-likeness (QED) is 0.772. The first-order valence-electron chi connectivity index (χ1n) is 6.88. The highest BCUT2D eigenvalue weighted by Crippen LogP contribution is 2.20. The van der Waals surface area contributed by atoms with Gasteiger partial charge in [0.1, 0.15) is 5.75 Å². The highest BCUT2D eigenvalue weighted by molar-refractivity contribution is 5.23. The molecule has 0 bridgehead atoms. The van der Waals surface area contributed by atoms with Crippen molar-refractivity contribution in [3.05, 3.63) is 29.8 Å². The summed E-state index contributed by atoms with van der Waals surface area (Å²) >= 11 is 0. The molecule has 1 aromatic carbocycles. The van der Waals surface area contributed by atoms with E-state index in [4.69, 9.17) is 4.74 Å². The molecule has 0 aliphatic heterocycles. The molecule has 5 heteroatoms. The molecule has 3 nitrogen and oxygen atoms in total. The number of nitrogens with one attached hydrogen (secondary N) is 1. The number of benzene rings is 1. The van der Waals surface area contributed by atoms with Gasteiger partial charge in [0.05, 0.1) is 12.7 Å². The maximum absolute atomic E-state index is 13.1. The summed E-state index contributed by atoms with van der Waals surface area (Å²) in [5.74, 6) is -1.54. The van der Waals surface area contributed by atoms with Gasteiger partial charge in [-0.25, -0.2) is 8.78 Å². The van der Waals surface area contributed by atoms with Gasteiger partial charge in [-0.15, -0.1) is 0 Å². The maximum atomic E-state index is 13.1. The minimum atomic E-state index is -0.927. The van der Waals surface area contributed by atoms with Gasteiger partial charge in [0.15, 0.2) is 11.6 Å². The number of aliphatic hydroxyl groups is 1. The van der Waals surface area contributed by atoms with Crippen molar-refractivity contribution in [1.29, 1.82) is 0 Å². The number of rotatable bonds is 8. The first-order chi connectivity index (χ1) is 9.40. The van der Waals surface area contributed by atoms with E-state index >= 15 is 0 Å². The molecule has 0 saturated carbocycles. The number of aliphatic hydroxyl groups excluding tert-OH is 1. The van der Waals surface area contributed by atoms with Crippen LogP contribution in [-0.2, 0) is 0 Å². The second-order valence-electron chi connectivity index (χ2n) is 5.35. The Bertz CT molecular complexity index is 428. The molecule has 2 N–H and O–H groups in total. The topological polar surface area (TPSA) is 41.5 Å². The van der Waals surface area contributed by atoms with E-state index in [2.05, 4.69) is 5.32 Å². The molecule has 0 aliphatic rings. The lowest BCUT2D eigenvalue weighted by Gasteiger charge is -2.31. The van der Waals surface area contributed by atoms with E-state index in [1.807, 2.05) is 20.8 Å². The Labute approximate surface area is 119 Å². The molecule has 0 aromatic heterocycles. The molecule has 0 radical (unpaired) electrons. The summed E-state index contributed by atoms with van der Waals surface area (Å²) in [6.45, 7) is 6.58. The Morgan fingerprint density at radius 1 is 1.35 bits per heavy atom. The molecule has 20 heavy (non-hydrogen) atoms. The van der Waals surface area contributed by atoms with Crippen LogP contribution in [0.5, 0.6) is 5.75 Å². The normalized spacial score (nSPS) is 15.7. The Hall–Kier alpha value is -1.20. The van der Waals surface area contributed by atoms with E-state index in [9.17, 15) is 13.9 Å². The molecule has 1 aromatic rings. The summed E-state index contributed by atoms with van der Waals surface area (Å²) in [6.07, 6.45) is 1.29. The molecule has 0 fully saturated rings. The minimum absolute atomic E-state index is 0.0154. The zero-order valence-corrected chi connectivity index (χ0v) is 12.2. The van der Waals surface area contributed by atoms with Crippen LogP contribution in [0.4, 0.5) is 8.78 Å². The molecular weight excluding hydrogens is 264 g/mol. The lowest BCUT2D eigenvalue weighted by Crippen LogP contribution is -2.48. The molecule has 0 heterocycles. The van der Waals surface area contributed by atoms with Crippen LogP contribution in [0.3, 0.4) is 0 Å². The Morgan fingerprint density at radius 3 is 2.60 bits per heavy atom. The van der Waals surface area contributed by atoms with Crippen LogP contribution in [0.15, 0.2) is 18.2 Å². The van der Waals surface area contributed by atoms with Crippen LogP contribution in [0, 0.1) is 11.6 Å². The highest BCUT2D eigenvalue weighted by atomic mass is 19.2. The summed E-state index contributed by atoms with van der Waals surface area (Å²) in [5.41, 5.74) is -0.450. The monoisotopic (exact) mass is 287 g/mol. The lowest BCUT2D eigenvalue weighted by molar-refractivity contribution is 0.110. The van der Waals surface area contributed by atoms with Gasteiger partial charge in [0, 0.05) is 18.0 Å². The Morgan fingerprint density at radius 2 is 2.05 bits per heavy atom. The van der Waals surface area contributed by atoms with Crippen LogP contribution in [0.25, 0.3) is 0 Å². The van der Waals surface area contributed by atoms with Gasteiger partial charge in [0.2, 0.25) is 0 Å². The average Bonchev–Trinajstić information content (AvgIpc) is 2.40. The predicted octanol–water partition coefficient (Wildman–Crippen LogP) is 2.87. The van der Waals surface area contributed by atoms with Crippen molar-refractivity contribution < 1.29 is 18.6 Å². The van der Waals surface area contributed by atoms with Crippen LogP contribution in [-0.4, -0.2) is 29.9 Å². The zero-order valence-electron chi connectivity index (χ0n) is 12.2. The number of ether oxygens (including phenoxy) is 1. The minimum Gasteiger partial charge on any atom is -0.491 e. The van der Waals surface area contributed by atoms with Crippen molar-refractivity contribution in [1.82, 2.24) is 5.32 Å². The fourth-order valence-electron chi connectivity index (χ4n) is 2.08. The van der Waals surface area contributed by atoms with Crippen molar-refractivity contribution in [3.63, 3.8) is 0 Å². The van der Waals surface area contributed by atoms with E-state index < -0.39 is 17.2 Å². The fraction of sp³-hybridized carbons (Fsp3) is 0.600. The van der Waals surface area contributed by atoms with Gasteiger partial charge in [-0.05, 0) is 38.9 Å². The molecule has 2 atom stereocenters. The molecule has 0 amide bonds. The SMILES string of the molecule is CCCNC(C)(CO)CC(C)Oc1ccc(F)c(F)c1. The van der Waals surface area contributed by atoms with Gasteiger partial charge in [-0.2, -0.15) is 0 Å². The average molecular weight is 287 g/mol. The zero-order chi connectivity index (χ0) is 15.2. The van der Waals surface area contributed by atoms with Crippen LogP contribution in [0.1, 0.15) is 33.6 Å². The summed E-state index contributed by atoms with van der Waals surface area (Å²) in [5, 5.41) is 12.7.